The molecule has 0 radical (unpaired) electrons. The highest BCUT2D eigenvalue weighted by atomic mass is 16.7. The Bertz CT molecular complexity index is 1170. The number of hydrogen-bond donors (Lipinski definition) is 3. The van der Waals surface area contributed by atoms with Crippen LogP contribution in [0.5, 0.6) is 0 Å². The Morgan fingerprint density at radius 1 is 1.00 bits per heavy atom. The maximum absolute atomic E-state index is 12.5. The van der Waals surface area contributed by atoms with Crippen molar-refractivity contribution in [2.24, 2.45) is 56.5 Å². The van der Waals surface area contributed by atoms with Gasteiger partial charge >= 0.3 is 0 Å². The van der Waals surface area contributed by atoms with E-state index < -0.39 is 17.7 Å². The van der Waals surface area contributed by atoms with E-state index >= 15 is 0 Å². The number of nitrogens with two attached hydrogens (primary N) is 1. The molecular formula is C37H62N2O6. The van der Waals surface area contributed by atoms with Gasteiger partial charge in [-0.25, -0.2) is 0 Å². The van der Waals surface area contributed by atoms with Crippen LogP contribution in [0.15, 0.2) is 0 Å². The molecule has 8 fully saturated rings. The first-order chi connectivity index (χ1) is 21.1. The summed E-state index contributed by atoms with van der Waals surface area (Å²) in [6.07, 6.45) is 8.44. The lowest BCUT2D eigenvalue weighted by Crippen LogP contribution is -2.60. The van der Waals surface area contributed by atoms with E-state index in [1.165, 1.54) is 38.5 Å². The van der Waals surface area contributed by atoms with Gasteiger partial charge in [0.1, 0.15) is 0 Å². The van der Waals surface area contributed by atoms with Gasteiger partial charge in [0.2, 0.25) is 0 Å². The first-order valence-electron chi connectivity index (χ1n) is 18.5. The molecule has 0 unspecified atom stereocenters. The molecule has 4 N–H and O–H groups in total. The van der Waals surface area contributed by atoms with E-state index in [1.807, 2.05) is 0 Å². The predicted molar refractivity (Wildman–Crippen MR) is 171 cm³/mol. The van der Waals surface area contributed by atoms with E-state index in [1.54, 1.807) is 13.8 Å². The zero-order chi connectivity index (χ0) is 31.9. The smallest absolute Gasteiger partial charge is 0.170 e. The maximum Gasteiger partial charge on any atom is 0.170 e. The number of hydrogen-bond acceptors (Lipinski definition) is 8. The Morgan fingerprint density at radius 3 is 2.40 bits per heavy atom. The summed E-state index contributed by atoms with van der Waals surface area (Å²) in [6, 6.07) is 0.0497. The molecule has 0 bridgehead atoms. The summed E-state index contributed by atoms with van der Waals surface area (Å²) in [5.74, 6) is 1.85. The Labute approximate surface area is 271 Å². The molecule has 5 aliphatic carbocycles. The van der Waals surface area contributed by atoms with Gasteiger partial charge in [0.15, 0.2) is 6.29 Å². The van der Waals surface area contributed by atoms with E-state index in [0.29, 0.717) is 40.5 Å². The van der Waals surface area contributed by atoms with Crippen molar-refractivity contribution in [1.29, 1.82) is 0 Å². The zero-order valence-corrected chi connectivity index (χ0v) is 29.1. The molecule has 3 aliphatic heterocycles. The van der Waals surface area contributed by atoms with Gasteiger partial charge < -0.3 is 34.9 Å². The van der Waals surface area contributed by atoms with Crippen molar-refractivity contribution < 1.29 is 29.2 Å². The van der Waals surface area contributed by atoms with Gasteiger partial charge in [-0.3, -0.25) is 4.90 Å². The van der Waals surface area contributed by atoms with Crippen LogP contribution in [0.1, 0.15) is 99.8 Å². The maximum atomic E-state index is 12.5. The van der Waals surface area contributed by atoms with Crippen LogP contribution in [-0.4, -0.2) is 96.4 Å². The van der Waals surface area contributed by atoms with E-state index in [-0.39, 0.29) is 40.8 Å². The summed E-state index contributed by atoms with van der Waals surface area (Å²) in [6.45, 7) is 20.1. The lowest BCUT2D eigenvalue weighted by atomic mass is 9.41. The van der Waals surface area contributed by atoms with Gasteiger partial charge in [-0.1, -0.05) is 34.6 Å². The summed E-state index contributed by atoms with van der Waals surface area (Å²) in [7, 11) is 0. The normalized spacial score (nSPS) is 54.9. The Morgan fingerprint density at radius 2 is 1.71 bits per heavy atom. The highest BCUT2D eigenvalue weighted by Crippen LogP contribution is 2.89. The number of aliphatic hydroxyl groups excluding tert-OH is 1. The number of ether oxygens (including phenoxy) is 4. The van der Waals surface area contributed by atoms with Crippen LogP contribution in [0.25, 0.3) is 0 Å². The number of aliphatic hydroxyl groups is 2. The highest BCUT2D eigenvalue weighted by Gasteiger charge is 2.84. The topological polar surface area (TPSA) is 107 Å². The quantitative estimate of drug-likeness (QED) is 0.412. The largest absolute Gasteiger partial charge is 0.390 e. The second-order valence-electron chi connectivity index (χ2n) is 18.8. The minimum absolute atomic E-state index is 0.0261. The molecule has 0 amide bonds. The molecule has 8 aliphatic rings. The second kappa shape index (κ2) is 10.1. The van der Waals surface area contributed by atoms with E-state index in [4.69, 9.17) is 24.7 Å². The van der Waals surface area contributed by atoms with Crippen LogP contribution in [0.3, 0.4) is 0 Å². The van der Waals surface area contributed by atoms with Crippen LogP contribution in [0.2, 0.25) is 0 Å². The fourth-order valence-electron chi connectivity index (χ4n) is 13.9. The summed E-state index contributed by atoms with van der Waals surface area (Å²) in [5, 5.41) is 23.2. The molecule has 256 valence electrons. The second-order valence-corrected chi connectivity index (χ2v) is 18.8. The van der Waals surface area contributed by atoms with Crippen LogP contribution >= 0.6 is 0 Å². The third kappa shape index (κ3) is 4.12. The van der Waals surface area contributed by atoms with Crippen molar-refractivity contribution in [2.45, 2.75) is 148 Å². The van der Waals surface area contributed by atoms with Gasteiger partial charge in [0, 0.05) is 12.0 Å². The van der Waals surface area contributed by atoms with E-state index in [2.05, 4.69) is 39.5 Å². The SMILES string of the molecule is C[C@@H]1C[C@H]([C@H](N)C(C)(C)O)O[C@H]2[C@H]1[C@@]1(C)CC[C@@]34C[C@@]35CC[C@H](O[C@H]3CN(C6COC6)CCO3)C(C)(C)[C@@H]5CC[C@H]4[C@]1(C)[C@H]2O. The standard InChI is InChI=1S/C37H62N2O6/c1-21-16-23(30(38)33(4,5)41)44-29-28(21)34(6)12-13-37-20-36(37)11-10-26(45-27-17-39(14-15-43-27)22-18-42-19-22)32(2,3)24(36)8-9-25(37)35(34,7)31(29)40/h21-31,40-41H,8-20,38H2,1-7H3/t21-,23-,24+,25+,26+,27+,28+,29+,30+,31+,34-,35-,36-,37+/m1/s1. The van der Waals surface area contributed by atoms with Crippen molar-refractivity contribution in [3.8, 4) is 0 Å². The molecule has 8 nitrogen and oxygen atoms in total. The number of morpholine rings is 1. The Kier molecular flexibility index (Phi) is 7.18. The first kappa shape index (κ1) is 31.9. The third-order valence-corrected chi connectivity index (χ3v) is 16.5. The average Bonchev–Trinajstić information content (AvgIpc) is 3.57. The highest BCUT2D eigenvalue weighted by molar-refractivity contribution is 5.33. The molecular weight excluding hydrogens is 568 g/mol. The van der Waals surface area contributed by atoms with Crippen molar-refractivity contribution in [1.82, 2.24) is 4.90 Å². The molecule has 45 heavy (non-hydrogen) atoms. The summed E-state index contributed by atoms with van der Waals surface area (Å²) >= 11 is 0. The molecule has 5 saturated carbocycles. The van der Waals surface area contributed by atoms with Crippen molar-refractivity contribution >= 4 is 0 Å². The average molecular weight is 631 g/mol. The van der Waals surface area contributed by atoms with Crippen molar-refractivity contribution in [3.63, 3.8) is 0 Å². The predicted octanol–water partition coefficient (Wildman–Crippen LogP) is 4.34. The lowest BCUT2D eigenvalue weighted by molar-refractivity contribution is -0.256. The molecule has 0 aromatic heterocycles. The van der Waals surface area contributed by atoms with Crippen LogP contribution < -0.4 is 5.73 Å². The molecule has 3 heterocycles. The minimum Gasteiger partial charge on any atom is -0.390 e. The number of nitrogens with zero attached hydrogens (tertiary/aromatic N) is 1. The molecule has 8 heteroatoms. The minimum atomic E-state index is -1.02. The fourth-order valence-corrected chi connectivity index (χ4v) is 13.9. The Balaban J connectivity index is 1.03. The monoisotopic (exact) mass is 630 g/mol. The summed E-state index contributed by atoms with van der Waals surface area (Å²) < 4.78 is 25.4. The zero-order valence-electron chi connectivity index (χ0n) is 29.1. The van der Waals surface area contributed by atoms with Crippen molar-refractivity contribution in [2.75, 3.05) is 32.9 Å². The lowest BCUT2D eigenvalue weighted by Gasteiger charge is -2.64. The molecule has 2 spiro atoms. The number of rotatable bonds is 5. The molecule has 0 aromatic carbocycles. The molecule has 14 atom stereocenters. The van der Waals surface area contributed by atoms with Gasteiger partial charge in [-0.2, -0.15) is 0 Å². The van der Waals surface area contributed by atoms with Gasteiger partial charge in [0.25, 0.3) is 0 Å². The van der Waals surface area contributed by atoms with Crippen LogP contribution in [-0.2, 0) is 18.9 Å². The van der Waals surface area contributed by atoms with E-state index in [0.717, 1.165) is 45.8 Å². The number of fused-ring (bicyclic) bond motifs is 4. The van der Waals surface area contributed by atoms with Crippen LogP contribution in [0, 0.1) is 50.7 Å². The Hall–Kier alpha value is -0.320. The summed E-state index contributed by atoms with van der Waals surface area (Å²) in [4.78, 5) is 2.51. The third-order valence-electron chi connectivity index (χ3n) is 16.5. The molecule has 8 rings (SSSR count). The van der Waals surface area contributed by atoms with E-state index in [9.17, 15) is 10.2 Å². The van der Waals surface area contributed by atoms with Gasteiger partial charge in [-0.05, 0) is 111 Å². The first-order valence-corrected chi connectivity index (χ1v) is 18.5. The van der Waals surface area contributed by atoms with Gasteiger partial charge in [-0.15, -0.1) is 0 Å². The van der Waals surface area contributed by atoms with Gasteiger partial charge in [0.05, 0.1) is 68.5 Å². The molecule has 0 aromatic rings. The summed E-state index contributed by atoms with van der Waals surface area (Å²) in [5.41, 5.74) is 6.15. The van der Waals surface area contributed by atoms with Crippen molar-refractivity contribution in [3.05, 3.63) is 0 Å². The van der Waals surface area contributed by atoms with Crippen LogP contribution in [0.4, 0.5) is 0 Å². The molecule has 3 saturated heterocycles. The fraction of sp³-hybridized carbons (Fsp3) is 1.00.